The third kappa shape index (κ3) is 4.45. The second-order valence-corrected chi connectivity index (χ2v) is 8.11. The van der Waals surface area contributed by atoms with Crippen LogP contribution in [-0.4, -0.2) is 52.1 Å². The Morgan fingerprint density at radius 3 is 1.94 bits per heavy atom. The van der Waals surface area contributed by atoms with Crippen LogP contribution in [0.4, 0.5) is 0 Å². The summed E-state index contributed by atoms with van der Waals surface area (Å²) in [6.07, 6.45) is 0. The smallest absolute Gasteiger partial charge is 0.273 e. The Labute approximate surface area is 95.9 Å². The normalized spacial score (nSPS) is 13.1. The maximum atomic E-state index is 11.3. The molecule has 7 nitrogen and oxygen atoms in total. The minimum Gasteiger partial charge on any atom is -0.273 e. The molecule has 0 fully saturated rings. The number of carbonyl (C=O) groups excluding carboxylic acids is 1. The van der Waals surface area contributed by atoms with E-state index in [0.717, 1.165) is 4.31 Å². The first-order valence-corrected chi connectivity index (χ1v) is 7.59. The van der Waals surface area contributed by atoms with Gasteiger partial charge in [-0.1, -0.05) is 0 Å². The monoisotopic (exact) mass is 272 g/mol. The van der Waals surface area contributed by atoms with E-state index >= 15 is 0 Å². The molecule has 96 valence electrons. The van der Waals surface area contributed by atoms with E-state index in [1.807, 2.05) is 0 Å². The molecular weight excluding hydrogens is 256 g/mol. The number of nitrogens with one attached hydrogen (secondary N) is 1. The molecule has 0 saturated carbocycles. The minimum atomic E-state index is -3.93. The van der Waals surface area contributed by atoms with Crippen molar-refractivity contribution in [1.82, 2.24) is 9.03 Å². The Morgan fingerprint density at radius 2 is 1.62 bits per heavy atom. The molecule has 0 aliphatic carbocycles. The lowest BCUT2D eigenvalue weighted by atomic mass is 10.6. The second kappa shape index (κ2) is 5.11. The fraction of sp³-hybridized carbons (Fsp3) is 0.857. The standard InChI is InChI=1S/C7H16N2O5S2/c1-6(2)15(11,12)5-7(10)8-16(13,14)9(3)4/h6H,5H2,1-4H3,(H,8,10). The quantitative estimate of drug-likeness (QED) is 0.672. The lowest BCUT2D eigenvalue weighted by Gasteiger charge is -2.13. The molecule has 0 unspecified atom stereocenters. The molecule has 1 amide bonds. The van der Waals surface area contributed by atoms with Gasteiger partial charge in [0, 0.05) is 14.1 Å². The van der Waals surface area contributed by atoms with Crippen LogP contribution < -0.4 is 4.72 Å². The predicted molar refractivity (Wildman–Crippen MR) is 59.7 cm³/mol. The van der Waals surface area contributed by atoms with Crippen molar-refractivity contribution < 1.29 is 21.6 Å². The van der Waals surface area contributed by atoms with Crippen LogP contribution in [0.1, 0.15) is 13.8 Å². The number of carbonyl (C=O) groups is 1. The number of nitrogens with zero attached hydrogens (tertiary/aromatic N) is 1. The molecule has 0 rings (SSSR count). The van der Waals surface area contributed by atoms with Crippen LogP contribution in [0.2, 0.25) is 0 Å². The van der Waals surface area contributed by atoms with Gasteiger partial charge < -0.3 is 0 Å². The van der Waals surface area contributed by atoms with Gasteiger partial charge in [0.15, 0.2) is 9.84 Å². The molecule has 16 heavy (non-hydrogen) atoms. The summed E-state index contributed by atoms with van der Waals surface area (Å²) in [5.74, 6) is -1.89. The molecule has 0 aromatic carbocycles. The van der Waals surface area contributed by atoms with Crippen molar-refractivity contribution >= 4 is 26.0 Å². The van der Waals surface area contributed by atoms with Crippen molar-refractivity contribution in [3.63, 3.8) is 0 Å². The average Bonchev–Trinajstić information content (AvgIpc) is 2.00. The lowest BCUT2D eigenvalue weighted by Crippen LogP contribution is -2.42. The number of hydrogen-bond acceptors (Lipinski definition) is 5. The highest BCUT2D eigenvalue weighted by molar-refractivity contribution is 7.93. The molecule has 1 N–H and O–H groups in total. The molecule has 0 aliphatic heterocycles. The first kappa shape index (κ1) is 15.3. The SMILES string of the molecule is CC(C)S(=O)(=O)CC(=O)NS(=O)(=O)N(C)C. The highest BCUT2D eigenvalue weighted by Gasteiger charge is 2.24. The number of hydrogen-bond donors (Lipinski definition) is 1. The summed E-state index contributed by atoms with van der Waals surface area (Å²) in [6, 6.07) is 0. The molecular formula is C7H16N2O5S2. The maximum Gasteiger partial charge on any atom is 0.303 e. The molecule has 0 aliphatic rings. The highest BCUT2D eigenvalue weighted by Crippen LogP contribution is 2.00. The van der Waals surface area contributed by atoms with Gasteiger partial charge in [-0.05, 0) is 13.8 Å². The third-order valence-electron chi connectivity index (χ3n) is 1.77. The van der Waals surface area contributed by atoms with Crippen molar-refractivity contribution in [3.8, 4) is 0 Å². The van der Waals surface area contributed by atoms with Crippen LogP contribution in [0.3, 0.4) is 0 Å². The van der Waals surface area contributed by atoms with Crippen molar-refractivity contribution in [1.29, 1.82) is 0 Å². The zero-order valence-electron chi connectivity index (χ0n) is 9.59. The summed E-state index contributed by atoms with van der Waals surface area (Å²) in [4.78, 5) is 11.2. The Balaban J connectivity index is 4.67. The van der Waals surface area contributed by atoms with Gasteiger partial charge in [0.1, 0.15) is 5.75 Å². The summed E-state index contributed by atoms with van der Waals surface area (Å²) < 4.78 is 47.5. The van der Waals surface area contributed by atoms with Crippen molar-refractivity contribution in [2.24, 2.45) is 0 Å². The molecule has 0 atom stereocenters. The van der Waals surface area contributed by atoms with Crippen LogP contribution in [0, 0.1) is 0 Å². The van der Waals surface area contributed by atoms with Gasteiger partial charge in [-0.2, -0.15) is 12.7 Å². The van der Waals surface area contributed by atoms with Gasteiger partial charge in [0.2, 0.25) is 5.91 Å². The van der Waals surface area contributed by atoms with E-state index < -0.39 is 37.0 Å². The van der Waals surface area contributed by atoms with E-state index in [1.165, 1.54) is 27.9 Å². The molecule has 0 bridgehead atoms. The zero-order chi connectivity index (χ0) is 13.1. The first-order valence-electron chi connectivity index (χ1n) is 4.43. The van der Waals surface area contributed by atoms with Gasteiger partial charge in [-0.25, -0.2) is 13.1 Å². The first-order chi connectivity index (χ1) is 6.99. The number of sulfone groups is 1. The average molecular weight is 272 g/mol. The van der Waals surface area contributed by atoms with Crippen LogP contribution in [-0.2, 0) is 24.8 Å². The van der Waals surface area contributed by atoms with Crippen molar-refractivity contribution in [3.05, 3.63) is 0 Å². The Morgan fingerprint density at radius 1 is 1.19 bits per heavy atom. The van der Waals surface area contributed by atoms with E-state index in [0.29, 0.717) is 0 Å². The highest BCUT2D eigenvalue weighted by atomic mass is 32.2. The number of rotatable bonds is 5. The van der Waals surface area contributed by atoms with Gasteiger partial charge >= 0.3 is 10.2 Å². The lowest BCUT2D eigenvalue weighted by molar-refractivity contribution is -0.117. The predicted octanol–water partition coefficient (Wildman–Crippen LogP) is -1.27. The van der Waals surface area contributed by atoms with Crippen molar-refractivity contribution in [2.75, 3.05) is 19.8 Å². The molecule has 0 saturated heterocycles. The molecule has 0 heterocycles. The largest absolute Gasteiger partial charge is 0.303 e. The van der Waals surface area contributed by atoms with Crippen LogP contribution >= 0.6 is 0 Å². The summed E-state index contributed by atoms with van der Waals surface area (Å²) in [6.45, 7) is 2.84. The molecule has 0 radical (unpaired) electrons. The second-order valence-electron chi connectivity index (χ2n) is 3.67. The van der Waals surface area contributed by atoms with E-state index in [-0.39, 0.29) is 0 Å². The maximum absolute atomic E-state index is 11.3. The van der Waals surface area contributed by atoms with Crippen LogP contribution in [0.5, 0.6) is 0 Å². The molecule has 0 spiro atoms. The summed E-state index contributed by atoms with van der Waals surface area (Å²) in [5, 5.41) is -0.722. The van der Waals surface area contributed by atoms with Gasteiger partial charge in [-0.3, -0.25) is 4.79 Å². The molecule has 0 aromatic heterocycles. The van der Waals surface area contributed by atoms with Crippen molar-refractivity contribution in [2.45, 2.75) is 19.1 Å². The van der Waals surface area contributed by atoms with Crippen LogP contribution in [0.25, 0.3) is 0 Å². The van der Waals surface area contributed by atoms with Crippen LogP contribution in [0.15, 0.2) is 0 Å². The minimum absolute atomic E-state index is 0.722. The Kier molecular flexibility index (Phi) is 4.89. The Bertz CT molecular complexity index is 407. The van der Waals surface area contributed by atoms with E-state index in [9.17, 15) is 21.6 Å². The fourth-order valence-electron chi connectivity index (χ4n) is 0.614. The summed E-state index contributed by atoms with van der Waals surface area (Å²) >= 11 is 0. The van der Waals surface area contributed by atoms with Gasteiger partial charge in [0.05, 0.1) is 5.25 Å². The molecule has 0 aromatic rings. The van der Waals surface area contributed by atoms with E-state index in [2.05, 4.69) is 0 Å². The summed E-state index contributed by atoms with van der Waals surface area (Å²) in [5.41, 5.74) is 0. The zero-order valence-corrected chi connectivity index (χ0v) is 11.2. The van der Waals surface area contributed by atoms with Gasteiger partial charge in [-0.15, -0.1) is 0 Å². The summed E-state index contributed by atoms with van der Waals surface area (Å²) in [7, 11) is -5.06. The van der Waals surface area contributed by atoms with E-state index in [4.69, 9.17) is 0 Å². The Hall–Kier alpha value is -0.670. The number of amides is 1. The van der Waals surface area contributed by atoms with Gasteiger partial charge in [0.25, 0.3) is 0 Å². The third-order valence-corrected chi connectivity index (χ3v) is 5.32. The van der Waals surface area contributed by atoms with E-state index in [1.54, 1.807) is 4.72 Å². The topological polar surface area (TPSA) is 101 Å². The molecule has 9 heteroatoms. The fourth-order valence-corrected chi connectivity index (χ4v) is 2.02.